The largest absolute Gasteiger partial charge is 0.378 e. The zero-order valence-corrected chi connectivity index (χ0v) is 14.1. The van der Waals surface area contributed by atoms with Crippen LogP contribution in [0.1, 0.15) is 46.5 Å². The number of rotatable bonds is 4. The van der Waals surface area contributed by atoms with Crippen molar-refractivity contribution in [1.82, 2.24) is 4.72 Å². The van der Waals surface area contributed by atoms with Gasteiger partial charge in [-0.1, -0.05) is 20.3 Å². The van der Waals surface area contributed by atoms with Gasteiger partial charge in [-0.05, 0) is 55.8 Å². The quantitative estimate of drug-likeness (QED) is 0.688. The summed E-state index contributed by atoms with van der Waals surface area (Å²) in [7, 11) is 0. The lowest BCUT2D eigenvalue weighted by Crippen LogP contribution is -2.46. The van der Waals surface area contributed by atoms with E-state index in [9.17, 15) is 9.32 Å². The van der Waals surface area contributed by atoms with E-state index in [1.54, 1.807) is 0 Å². The highest BCUT2D eigenvalue weighted by atomic mass is 32.2. The molecule has 0 aromatic rings. The molecule has 4 N–H and O–H groups in total. The molecule has 8 atom stereocenters. The topological polar surface area (TPSA) is 84.6 Å². The highest BCUT2D eigenvalue weighted by Crippen LogP contribution is 2.46. The summed E-state index contributed by atoms with van der Waals surface area (Å²) in [4.78, 5) is 0. The summed E-state index contributed by atoms with van der Waals surface area (Å²) in [5, 5.41) is 15.4. The minimum atomic E-state index is -1.68. The van der Waals surface area contributed by atoms with Crippen molar-refractivity contribution < 1.29 is 14.1 Å². The van der Waals surface area contributed by atoms with E-state index in [0.29, 0.717) is 23.9 Å². The Morgan fingerprint density at radius 1 is 1.24 bits per heavy atom. The molecule has 0 radical (unpaired) electrons. The third kappa shape index (κ3) is 4.26. The van der Waals surface area contributed by atoms with Crippen molar-refractivity contribution in [1.29, 1.82) is 0 Å². The van der Waals surface area contributed by atoms with Gasteiger partial charge in [0.1, 0.15) is 6.23 Å². The second-order valence-electron chi connectivity index (χ2n) is 6.99. The van der Waals surface area contributed by atoms with Gasteiger partial charge in [0.2, 0.25) is 0 Å². The molecule has 1 heterocycles. The summed E-state index contributed by atoms with van der Waals surface area (Å²) in [5.74, 6) is 2.29. The predicted octanol–water partition coefficient (Wildman–Crippen LogP) is 1.55. The van der Waals surface area contributed by atoms with Gasteiger partial charge in [0, 0.05) is 0 Å². The molecular formula is C15H30N2O3S. The Bertz CT molecular complexity index is 369. The van der Waals surface area contributed by atoms with Crippen LogP contribution in [0.3, 0.4) is 0 Å². The molecular weight excluding hydrogens is 288 g/mol. The number of nitrogens with two attached hydrogens (primary N) is 1. The fraction of sp³-hybridized carbons (Fsp3) is 1.00. The normalized spacial score (nSPS) is 41.7. The molecule has 2 fully saturated rings. The van der Waals surface area contributed by atoms with E-state index in [1.165, 1.54) is 12.8 Å². The Hall–Kier alpha value is -0.0100. The Labute approximate surface area is 130 Å². The maximum Gasteiger partial charge on any atom is 0.166 e. The van der Waals surface area contributed by atoms with Gasteiger partial charge in [-0.25, -0.2) is 9.35 Å². The lowest BCUT2D eigenvalue weighted by atomic mass is 9.62. The first-order chi connectivity index (χ1) is 9.90. The molecule has 5 unspecified atom stereocenters. The minimum absolute atomic E-state index is 0.0227. The van der Waals surface area contributed by atoms with E-state index in [-0.39, 0.29) is 5.92 Å². The number of hydrogen-bond donors (Lipinski definition) is 3. The minimum Gasteiger partial charge on any atom is -0.378 e. The summed E-state index contributed by atoms with van der Waals surface area (Å²) in [6.07, 6.45) is 4.14. The van der Waals surface area contributed by atoms with Crippen LogP contribution in [0.25, 0.3) is 0 Å². The molecule has 1 aliphatic carbocycles. The second-order valence-corrected chi connectivity index (χ2v) is 7.82. The average molecular weight is 318 g/mol. The summed E-state index contributed by atoms with van der Waals surface area (Å²) < 4.78 is 19.6. The number of nitrogens with one attached hydrogen (secondary N) is 1. The highest BCUT2D eigenvalue weighted by Gasteiger charge is 2.42. The predicted molar refractivity (Wildman–Crippen MR) is 84.2 cm³/mol. The molecule has 6 heteroatoms. The molecule has 1 saturated heterocycles. The average Bonchev–Trinajstić information content (AvgIpc) is 2.61. The molecule has 21 heavy (non-hydrogen) atoms. The fourth-order valence-electron chi connectivity index (χ4n) is 4.27. The van der Waals surface area contributed by atoms with Gasteiger partial charge in [-0.3, -0.25) is 0 Å². The van der Waals surface area contributed by atoms with Crippen LogP contribution in [0.2, 0.25) is 0 Å². The summed E-state index contributed by atoms with van der Waals surface area (Å²) in [6.45, 7) is 7.30. The number of aliphatic hydroxyl groups is 1. The molecule has 1 aliphatic heterocycles. The van der Waals surface area contributed by atoms with Crippen LogP contribution in [-0.4, -0.2) is 28.3 Å². The zero-order chi connectivity index (χ0) is 15.6. The summed E-state index contributed by atoms with van der Waals surface area (Å²) in [6, 6.07) is 0. The van der Waals surface area contributed by atoms with E-state index in [4.69, 9.17) is 9.88 Å². The van der Waals surface area contributed by atoms with Crippen LogP contribution in [0, 0.1) is 29.6 Å². The number of fused-ring (bicyclic) bond motifs is 1. The smallest absolute Gasteiger partial charge is 0.166 e. The van der Waals surface area contributed by atoms with Crippen LogP contribution >= 0.6 is 0 Å². The Kier molecular flexibility index (Phi) is 6.20. The Balaban J connectivity index is 2.09. The van der Waals surface area contributed by atoms with Crippen molar-refractivity contribution in [3.63, 3.8) is 0 Å². The van der Waals surface area contributed by atoms with Crippen molar-refractivity contribution in [2.75, 3.05) is 6.61 Å². The molecule has 0 aromatic heterocycles. The van der Waals surface area contributed by atoms with E-state index in [1.807, 2.05) is 6.92 Å². The second kappa shape index (κ2) is 7.51. The molecule has 0 amide bonds. The Morgan fingerprint density at radius 3 is 2.62 bits per heavy atom. The first-order valence-corrected chi connectivity index (χ1v) is 9.33. The lowest BCUT2D eigenvalue weighted by molar-refractivity contribution is -0.0355. The van der Waals surface area contributed by atoms with E-state index in [2.05, 4.69) is 18.6 Å². The zero-order valence-electron chi connectivity index (χ0n) is 13.3. The highest BCUT2D eigenvalue weighted by molar-refractivity contribution is 7.80. The molecule has 2 rings (SSSR count). The van der Waals surface area contributed by atoms with E-state index < -0.39 is 17.4 Å². The van der Waals surface area contributed by atoms with Gasteiger partial charge in [-0.15, -0.1) is 0 Å². The molecule has 0 bridgehead atoms. The van der Waals surface area contributed by atoms with Crippen molar-refractivity contribution in [2.24, 2.45) is 34.7 Å². The van der Waals surface area contributed by atoms with Gasteiger partial charge in [-0.2, -0.15) is 4.72 Å². The number of aliphatic hydroxyl groups excluding tert-OH is 1. The maximum absolute atomic E-state index is 11.1. The van der Waals surface area contributed by atoms with Gasteiger partial charge in [0.25, 0.3) is 0 Å². The first kappa shape index (κ1) is 17.3. The van der Waals surface area contributed by atoms with Gasteiger partial charge < -0.3 is 9.84 Å². The summed E-state index contributed by atoms with van der Waals surface area (Å²) in [5.41, 5.74) is 0. The van der Waals surface area contributed by atoms with Gasteiger partial charge >= 0.3 is 0 Å². The third-order valence-corrected chi connectivity index (χ3v) is 6.15. The molecule has 5 nitrogen and oxygen atoms in total. The lowest BCUT2D eigenvalue weighted by Gasteiger charge is -2.44. The fourth-order valence-corrected chi connectivity index (χ4v) is 4.72. The Morgan fingerprint density at radius 2 is 1.95 bits per heavy atom. The molecule has 0 aromatic carbocycles. The van der Waals surface area contributed by atoms with Gasteiger partial charge in [0.05, 0.1) is 12.7 Å². The standard InChI is InChI=1S/C15H30N2O3S/c1-9-4-6-13(11(3)15(18)17-21(16)19)14-8-20-10(2)5-7-12(9)14/h9-15,17-18H,4-8,16H2,1-3H3/t9-,10?,11?,12?,13+,14?,15-,21?/m1/s1. The molecule has 2 aliphatic rings. The van der Waals surface area contributed by atoms with Crippen LogP contribution in [-0.2, 0) is 15.9 Å². The van der Waals surface area contributed by atoms with Crippen LogP contribution in [0.4, 0.5) is 0 Å². The monoisotopic (exact) mass is 318 g/mol. The number of hydrogen-bond acceptors (Lipinski definition) is 3. The van der Waals surface area contributed by atoms with Crippen LogP contribution in [0.5, 0.6) is 0 Å². The molecule has 1 saturated carbocycles. The van der Waals surface area contributed by atoms with Crippen LogP contribution < -0.4 is 9.86 Å². The van der Waals surface area contributed by atoms with E-state index >= 15 is 0 Å². The van der Waals surface area contributed by atoms with Crippen molar-refractivity contribution in [3.05, 3.63) is 0 Å². The van der Waals surface area contributed by atoms with Crippen molar-refractivity contribution >= 4 is 11.2 Å². The van der Waals surface area contributed by atoms with Gasteiger partial charge in [0.15, 0.2) is 11.2 Å². The number of ether oxygens (including phenoxy) is 1. The van der Waals surface area contributed by atoms with Crippen molar-refractivity contribution in [3.8, 4) is 0 Å². The van der Waals surface area contributed by atoms with E-state index in [0.717, 1.165) is 25.4 Å². The SMILES string of the molecule is CC1CCC2C(CO1)[C@H](C(C)[C@@H](O)NS(N)=O)CC[C@H]2C. The van der Waals surface area contributed by atoms with Crippen LogP contribution in [0.15, 0.2) is 0 Å². The molecule has 0 spiro atoms. The first-order valence-electron chi connectivity index (χ1n) is 8.12. The maximum atomic E-state index is 11.1. The summed E-state index contributed by atoms with van der Waals surface area (Å²) >= 11 is -1.68. The molecule has 124 valence electrons. The van der Waals surface area contributed by atoms with Crippen molar-refractivity contribution in [2.45, 2.75) is 58.8 Å². The third-order valence-electron chi connectivity index (χ3n) is 5.68.